The molecule has 7 heteroatoms. The molecule has 0 saturated carbocycles. The van der Waals surface area contributed by atoms with Crippen molar-refractivity contribution < 1.29 is 18.0 Å². The minimum absolute atomic E-state index is 0.0455. The number of nitrogens with two attached hydrogens (primary N) is 1. The Kier molecular flexibility index (Phi) is 4.75. The zero-order valence-electron chi connectivity index (χ0n) is 9.06. The molecule has 0 spiro atoms. The van der Waals surface area contributed by atoms with Crippen molar-refractivity contribution in [3.05, 3.63) is 0 Å². The summed E-state index contributed by atoms with van der Waals surface area (Å²) in [5.41, 5.74) is 1.98. The Hall–Kier alpha value is -1.29. The highest BCUT2D eigenvalue weighted by atomic mass is 19.4. The molecule has 0 radical (unpaired) electrons. The second kappa shape index (κ2) is 5.16. The molecular formula is C9H14F3N3O. The van der Waals surface area contributed by atoms with Crippen LogP contribution in [0.1, 0.15) is 26.7 Å². The van der Waals surface area contributed by atoms with Gasteiger partial charge in [-0.15, -0.1) is 0 Å². The van der Waals surface area contributed by atoms with E-state index in [1.807, 2.05) is 0 Å². The van der Waals surface area contributed by atoms with Crippen LogP contribution in [-0.4, -0.2) is 23.7 Å². The van der Waals surface area contributed by atoms with E-state index in [-0.39, 0.29) is 6.42 Å². The maximum Gasteiger partial charge on any atom is 0.415 e. The summed E-state index contributed by atoms with van der Waals surface area (Å²) in [7, 11) is 0. The number of hydrogen-bond donors (Lipinski definition) is 2. The van der Waals surface area contributed by atoms with Crippen molar-refractivity contribution in [2.75, 3.05) is 0 Å². The van der Waals surface area contributed by atoms with Gasteiger partial charge in [-0.2, -0.15) is 18.4 Å². The smallest absolute Gasteiger partial charge is 0.350 e. The molecule has 0 aliphatic heterocycles. The Morgan fingerprint density at radius 3 is 2.38 bits per heavy atom. The summed E-state index contributed by atoms with van der Waals surface area (Å²) in [6.07, 6.45) is -4.49. The Bertz CT molecular complexity index is 293. The third-order valence-corrected chi connectivity index (χ3v) is 2.23. The molecule has 0 aromatic rings. The third-order valence-electron chi connectivity index (χ3n) is 2.23. The van der Waals surface area contributed by atoms with Crippen LogP contribution in [0.25, 0.3) is 0 Å². The van der Waals surface area contributed by atoms with Crippen molar-refractivity contribution in [3.63, 3.8) is 0 Å². The van der Waals surface area contributed by atoms with E-state index < -0.39 is 23.7 Å². The van der Waals surface area contributed by atoms with Gasteiger partial charge in [0.1, 0.15) is 0 Å². The molecule has 0 saturated heterocycles. The summed E-state index contributed by atoms with van der Waals surface area (Å²) < 4.78 is 37.1. The zero-order valence-corrected chi connectivity index (χ0v) is 9.06. The van der Waals surface area contributed by atoms with Gasteiger partial charge in [-0.25, -0.2) is 0 Å². The summed E-state index contributed by atoms with van der Waals surface area (Å²) in [5, 5.41) is 10.5. The maximum absolute atomic E-state index is 12.4. The van der Waals surface area contributed by atoms with Gasteiger partial charge >= 0.3 is 6.18 Å². The first-order valence-electron chi connectivity index (χ1n) is 4.70. The molecule has 1 amide bonds. The number of nitrogens with one attached hydrogen (secondary N) is 1. The van der Waals surface area contributed by atoms with Crippen molar-refractivity contribution in [3.8, 4) is 6.07 Å². The summed E-state index contributed by atoms with van der Waals surface area (Å²) in [4.78, 5) is 11.3. The van der Waals surface area contributed by atoms with Crippen molar-refractivity contribution >= 4 is 5.91 Å². The molecule has 2 atom stereocenters. The molecule has 4 nitrogen and oxygen atoms in total. The monoisotopic (exact) mass is 237 g/mol. The second-order valence-corrected chi connectivity index (χ2v) is 3.64. The number of carbonyl (C=O) groups excluding carboxylic acids is 1. The molecule has 0 heterocycles. The fourth-order valence-corrected chi connectivity index (χ4v) is 0.872. The van der Waals surface area contributed by atoms with Crippen LogP contribution in [0.5, 0.6) is 0 Å². The van der Waals surface area contributed by atoms with E-state index in [9.17, 15) is 18.0 Å². The highest BCUT2D eigenvalue weighted by Crippen LogP contribution is 2.28. The lowest BCUT2D eigenvalue weighted by atomic mass is 10.0. The SMILES string of the molecule is CCC(CC#N)NC(=O)C(C)(N)C(F)(F)F. The van der Waals surface area contributed by atoms with Crippen LogP contribution in [0.15, 0.2) is 0 Å². The van der Waals surface area contributed by atoms with E-state index in [0.29, 0.717) is 13.3 Å². The highest BCUT2D eigenvalue weighted by Gasteiger charge is 2.54. The Labute approximate surface area is 91.6 Å². The average molecular weight is 237 g/mol. The van der Waals surface area contributed by atoms with E-state index in [1.54, 1.807) is 13.0 Å². The maximum atomic E-state index is 12.4. The number of amides is 1. The molecule has 0 aliphatic carbocycles. The van der Waals surface area contributed by atoms with E-state index >= 15 is 0 Å². The molecule has 0 bridgehead atoms. The molecule has 2 unspecified atom stereocenters. The number of hydrogen-bond acceptors (Lipinski definition) is 3. The summed E-state index contributed by atoms with van der Waals surface area (Å²) in [5.74, 6) is -1.32. The fraction of sp³-hybridized carbons (Fsp3) is 0.778. The molecular weight excluding hydrogens is 223 g/mol. The first-order valence-corrected chi connectivity index (χ1v) is 4.70. The standard InChI is InChI=1S/C9H14F3N3O/c1-3-6(4-5-13)15-7(16)8(2,14)9(10,11)12/h6H,3-4,14H2,1-2H3,(H,15,16). The van der Waals surface area contributed by atoms with Crippen LogP contribution >= 0.6 is 0 Å². The van der Waals surface area contributed by atoms with Gasteiger partial charge in [0.2, 0.25) is 5.91 Å². The molecule has 0 aromatic carbocycles. The first kappa shape index (κ1) is 14.7. The Balaban J connectivity index is 4.64. The lowest BCUT2D eigenvalue weighted by Gasteiger charge is -2.28. The van der Waals surface area contributed by atoms with Crippen LogP contribution in [0.4, 0.5) is 13.2 Å². The van der Waals surface area contributed by atoms with Gasteiger partial charge in [0.15, 0.2) is 5.54 Å². The van der Waals surface area contributed by atoms with Crippen molar-refractivity contribution in [1.29, 1.82) is 5.26 Å². The zero-order chi connectivity index (χ0) is 13.0. The van der Waals surface area contributed by atoms with E-state index in [4.69, 9.17) is 11.0 Å². The fourth-order valence-electron chi connectivity index (χ4n) is 0.872. The number of halogens is 3. The number of nitrogens with zero attached hydrogens (tertiary/aromatic N) is 1. The van der Waals surface area contributed by atoms with Crippen LogP contribution in [0.2, 0.25) is 0 Å². The van der Waals surface area contributed by atoms with Crippen LogP contribution in [0.3, 0.4) is 0 Å². The number of nitriles is 1. The third kappa shape index (κ3) is 3.38. The van der Waals surface area contributed by atoms with Gasteiger partial charge in [0.25, 0.3) is 0 Å². The summed E-state index contributed by atoms with van der Waals surface area (Å²) in [6.45, 7) is 2.26. The Morgan fingerprint density at radius 1 is 1.56 bits per heavy atom. The van der Waals surface area contributed by atoms with Gasteiger partial charge in [-0.1, -0.05) is 6.92 Å². The minimum Gasteiger partial charge on any atom is -0.350 e. The molecule has 92 valence electrons. The van der Waals surface area contributed by atoms with Gasteiger partial charge < -0.3 is 11.1 Å². The second-order valence-electron chi connectivity index (χ2n) is 3.64. The van der Waals surface area contributed by atoms with E-state index in [2.05, 4.69) is 5.32 Å². The minimum atomic E-state index is -4.82. The molecule has 16 heavy (non-hydrogen) atoms. The van der Waals surface area contributed by atoms with Crippen LogP contribution in [0, 0.1) is 11.3 Å². The van der Waals surface area contributed by atoms with Crippen LogP contribution in [-0.2, 0) is 4.79 Å². The first-order chi connectivity index (χ1) is 7.16. The lowest BCUT2D eigenvalue weighted by Crippen LogP contribution is -2.62. The predicted molar refractivity (Wildman–Crippen MR) is 51.1 cm³/mol. The summed E-state index contributed by atoms with van der Waals surface area (Å²) >= 11 is 0. The Morgan fingerprint density at radius 2 is 2.06 bits per heavy atom. The van der Waals surface area contributed by atoms with Crippen molar-refractivity contribution in [2.24, 2.45) is 5.73 Å². The summed E-state index contributed by atoms with van der Waals surface area (Å²) in [6, 6.07) is 1.17. The number of carbonyl (C=O) groups is 1. The average Bonchev–Trinajstić information content (AvgIpc) is 2.15. The van der Waals surface area contributed by atoms with Crippen molar-refractivity contribution in [1.82, 2.24) is 5.32 Å². The largest absolute Gasteiger partial charge is 0.415 e. The van der Waals surface area contributed by atoms with Gasteiger partial charge in [0.05, 0.1) is 12.5 Å². The molecule has 3 N–H and O–H groups in total. The molecule has 0 aliphatic rings. The molecule has 0 fully saturated rings. The van der Waals surface area contributed by atoms with Gasteiger partial charge in [-0.05, 0) is 13.3 Å². The van der Waals surface area contributed by atoms with Gasteiger partial charge in [-0.3, -0.25) is 4.79 Å². The van der Waals surface area contributed by atoms with Crippen LogP contribution < -0.4 is 11.1 Å². The highest BCUT2D eigenvalue weighted by molar-refractivity contribution is 5.86. The van der Waals surface area contributed by atoms with Crippen molar-refractivity contribution in [2.45, 2.75) is 44.4 Å². The normalized spacial score (nSPS) is 17.1. The van der Waals surface area contributed by atoms with E-state index in [0.717, 1.165) is 0 Å². The predicted octanol–water partition coefficient (Wildman–Crippen LogP) is 1.07. The lowest BCUT2D eigenvalue weighted by molar-refractivity contribution is -0.187. The number of rotatable bonds is 4. The topological polar surface area (TPSA) is 78.9 Å². The molecule has 0 aromatic heterocycles. The quantitative estimate of drug-likeness (QED) is 0.767. The van der Waals surface area contributed by atoms with Gasteiger partial charge in [0, 0.05) is 6.04 Å². The van der Waals surface area contributed by atoms with E-state index in [1.165, 1.54) is 0 Å². The number of alkyl halides is 3. The molecule has 0 rings (SSSR count).